The molecule has 0 aliphatic rings. The predicted octanol–water partition coefficient (Wildman–Crippen LogP) is 3.88. The van der Waals surface area contributed by atoms with E-state index in [1.54, 1.807) is 24.4 Å². The van der Waals surface area contributed by atoms with E-state index < -0.39 is 0 Å². The minimum absolute atomic E-state index is 0.383. The first-order valence-corrected chi connectivity index (χ1v) is 8.95. The van der Waals surface area contributed by atoms with E-state index in [2.05, 4.69) is 15.8 Å². The SMILES string of the molecule is CCNC(=S)N/N=C/c1ccc(OC(=O)c2cccc3ccccc23)cc1. The van der Waals surface area contributed by atoms with E-state index in [1.807, 2.05) is 55.5 Å². The molecule has 0 atom stereocenters. The number of benzene rings is 3. The fourth-order valence-electron chi connectivity index (χ4n) is 2.55. The molecule has 0 fully saturated rings. The number of hydrazone groups is 1. The van der Waals surface area contributed by atoms with Crippen LogP contribution in [0.3, 0.4) is 0 Å². The summed E-state index contributed by atoms with van der Waals surface area (Å²) in [5, 5.41) is 9.33. The van der Waals surface area contributed by atoms with Crippen molar-refractivity contribution in [3.05, 3.63) is 77.9 Å². The Labute approximate surface area is 163 Å². The van der Waals surface area contributed by atoms with Gasteiger partial charge in [-0.2, -0.15) is 5.10 Å². The Balaban J connectivity index is 1.66. The molecule has 6 heteroatoms. The molecule has 0 spiro atoms. The molecule has 27 heavy (non-hydrogen) atoms. The van der Waals surface area contributed by atoms with E-state index in [-0.39, 0.29) is 5.97 Å². The maximum Gasteiger partial charge on any atom is 0.344 e. The number of carbonyl (C=O) groups is 1. The number of ether oxygens (including phenoxy) is 1. The number of esters is 1. The second-order valence-corrected chi connectivity index (χ2v) is 6.12. The summed E-state index contributed by atoms with van der Waals surface area (Å²) >= 11 is 5.02. The number of hydrogen-bond donors (Lipinski definition) is 2. The van der Waals surface area contributed by atoms with Gasteiger partial charge in [-0.3, -0.25) is 5.43 Å². The van der Waals surface area contributed by atoms with Crippen LogP contribution in [-0.4, -0.2) is 23.8 Å². The van der Waals surface area contributed by atoms with Gasteiger partial charge in [0.1, 0.15) is 5.75 Å². The molecule has 3 aromatic rings. The van der Waals surface area contributed by atoms with E-state index in [0.717, 1.165) is 22.9 Å². The van der Waals surface area contributed by atoms with Crippen molar-refractivity contribution in [1.82, 2.24) is 10.7 Å². The largest absolute Gasteiger partial charge is 0.423 e. The monoisotopic (exact) mass is 377 g/mol. The fourth-order valence-corrected chi connectivity index (χ4v) is 2.75. The highest BCUT2D eigenvalue weighted by Crippen LogP contribution is 2.21. The van der Waals surface area contributed by atoms with Crippen molar-refractivity contribution in [2.24, 2.45) is 5.10 Å². The summed E-state index contributed by atoms with van der Waals surface area (Å²) in [6.07, 6.45) is 1.64. The van der Waals surface area contributed by atoms with Crippen LogP contribution in [0.5, 0.6) is 5.75 Å². The van der Waals surface area contributed by atoms with Crippen molar-refractivity contribution >= 4 is 40.3 Å². The van der Waals surface area contributed by atoms with Gasteiger partial charge in [-0.1, -0.05) is 36.4 Å². The lowest BCUT2D eigenvalue weighted by molar-refractivity contribution is 0.0737. The second-order valence-electron chi connectivity index (χ2n) is 5.71. The molecule has 0 unspecified atom stereocenters. The third-order valence-corrected chi connectivity index (χ3v) is 4.05. The van der Waals surface area contributed by atoms with Crippen LogP contribution in [0.2, 0.25) is 0 Å². The summed E-state index contributed by atoms with van der Waals surface area (Å²) < 4.78 is 5.51. The van der Waals surface area contributed by atoms with Gasteiger partial charge < -0.3 is 10.1 Å². The van der Waals surface area contributed by atoms with Crippen LogP contribution in [0, 0.1) is 0 Å². The summed E-state index contributed by atoms with van der Waals surface area (Å²) in [6.45, 7) is 2.69. The van der Waals surface area contributed by atoms with Gasteiger partial charge in [0, 0.05) is 6.54 Å². The summed E-state index contributed by atoms with van der Waals surface area (Å²) in [5.41, 5.74) is 4.12. The van der Waals surface area contributed by atoms with E-state index in [1.165, 1.54) is 0 Å². The van der Waals surface area contributed by atoms with Crippen LogP contribution in [0.25, 0.3) is 10.8 Å². The van der Waals surface area contributed by atoms with Gasteiger partial charge in [-0.25, -0.2) is 4.79 Å². The molecule has 3 rings (SSSR count). The molecule has 136 valence electrons. The van der Waals surface area contributed by atoms with Crippen molar-refractivity contribution < 1.29 is 9.53 Å². The summed E-state index contributed by atoms with van der Waals surface area (Å²) in [7, 11) is 0. The number of nitrogens with zero attached hydrogens (tertiary/aromatic N) is 1. The van der Waals surface area contributed by atoms with Gasteiger partial charge in [-0.05, 0) is 65.8 Å². The van der Waals surface area contributed by atoms with Gasteiger partial charge in [-0.15, -0.1) is 0 Å². The number of nitrogens with one attached hydrogen (secondary N) is 2. The standard InChI is InChI=1S/C21H19N3O2S/c1-2-22-21(27)24-23-14-15-10-12-17(13-11-15)26-20(25)19-9-5-7-16-6-3-4-8-18(16)19/h3-14H,2H2,1H3,(H2,22,24,27)/b23-14+. The normalized spacial score (nSPS) is 10.7. The minimum Gasteiger partial charge on any atom is -0.423 e. The molecule has 0 aliphatic carbocycles. The third-order valence-electron chi connectivity index (χ3n) is 3.82. The number of thiocarbonyl (C=S) groups is 1. The van der Waals surface area contributed by atoms with Gasteiger partial charge in [0.05, 0.1) is 11.8 Å². The Morgan fingerprint density at radius 2 is 1.81 bits per heavy atom. The van der Waals surface area contributed by atoms with Crippen LogP contribution in [0.4, 0.5) is 0 Å². The van der Waals surface area contributed by atoms with Crippen LogP contribution >= 0.6 is 12.2 Å². The molecule has 0 saturated heterocycles. The molecule has 5 nitrogen and oxygen atoms in total. The van der Waals surface area contributed by atoms with Crippen molar-refractivity contribution in [3.63, 3.8) is 0 Å². The van der Waals surface area contributed by atoms with Gasteiger partial charge in [0.25, 0.3) is 0 Å². The Kier molecular flexibility index (Phi) is 6.12. The number of fused-ring (bicyclic) bond motifs is 1. The molecule has 0 aliphatic heterocycles. The van der Waals surface area contributed by atoms with E-state index in [9.17, 15) is 4.79 Å². The molecule has 0 amide bonds. The molecule has 0 saturated carbocycles. The average molecular weight is 377 g/mol. The van der Waals surface area contributed by atoms with Gasteiger partial charge >= 0.3 is 5.97 Å². The highest BCUT2D eigenvalue weighted by molar-refractivity contribution is 7.80. The highest BCUT2D eigenvalue weighted by atomic mass is 32.1. The summed E-state index contributed by atoms with van der Waals surface area (Å²) in [5.74, 6) is 0.0899. The number of carbonyl (C=O) groups excluding carboxylic acids is 1. The first kappa shape index (κ1) is 18.5. The third kappa shape index (κ3) is 4.89. The Hall–Kier alpha value is -3.25. The van der Waals surface area contributed by atoms with Gasteiger partial charge in [0.2, 0.25) is 0 Å². The zero-order chi connectivity index (χ0) is 19.1. The number of hydrogen-bond acceptors (Lipinski definition) is 4. The lowest BCUT2D eigenvalue weighted by Crippen LogP contribution is -2.31. The maximum absolute atomic E-state index is 12.5. The summed E-state index contributed by atoms with van der Waals surface area (Å²) in [6, 6.07) is 20.4. The van der Waals surface area contributed by atoms with Crippen LogP contribution < -0.4 is 15.5 Å². The van der Waals surface area contributed by atoms with Gasteiger partial charge in [0.15, 0.2) is 5.11 Å². The molecule has 3 aromatic carbocycles. The van der Waals surface area contributed by atoms with Crippen molar-refractivity contribution in [2.75, 3.05) is 6.54 Å². The lowest BCUT2D eigenvalue weighted by Gasteiger charge is -2.07. The minimum atomic E-state index is -0.383. The topological polar surface area (TPSA) is 62.7 Å². The molecular formula is C21H19N3O2S. The van der Waals surface area contributed by atoms with E-state index in [0.29, 0.717) is 16.4 Å². The highest BCUT2D eigenvalue weighted by Gasteiger charge is 2.12. The Morgan fingerprint density at radius 3 is 2.59 bits per heavy atom. The first-order valence-electron chi connectivity index (χ1n) is 8.54. The average Bonchev–Trinajstić information content (AvgIpc) is 2.69. The second kappa shape index (κ2) is 8.91. The first-order chi connectivity index (χ1) is 13.2. The smallest absolute Gasteiger partial charge is 0.344 e. The molecule has 0 bridgehead atoms. The zero-order valence-electron chi connectivity index (χ0n) is 14.8. The van der Waals surface area contributed by atoms with E-state index >= 15 is 0 Å². The van der Waals surface area contributed by atoms with Crippen molar-refractivity contribution in [3.8, 4) is 5.75 Å². The quantitative estimate of drug-likeness (QED) is 0.232. The van der Waals surface area contributed by atoms with Crippen molar-refractivity contribution in [2.45, 2.75) is 6.92 Å². The van der Waals surface area contributed by atoms with Crippen LogP contribution in [0.1, 0.15) is 22.8 Å². The van der Waals surface area contributed by atoms with E-state index in [4.69, 9.17) is 17.0 Å². The zero-order valence-corrected chi connectivity index (χ0v) is 15.6. The lowest BCUT2D eigenvalue weighted by atomic mass is 10.0. The molecule has 2 N–H and O–H groups in total. The predicted molar refractivity (Wildman–Crippen MR) is 112 cm³/mol. The molecule has 0 heterocycles. The molecule has 0 radical (unpaired) electrons. The molecular weight excluding hydrogens is 358 g/mol. The fraction of sp³-hybridized carbons (Fsp3) is 0.0952. The van der Waals surface area contributed by atoms with Crippen LogP contribution in [0.15, 0.2) is 71.8 Å². The Bertz CT molecular complexity index is 979. The number of rotatable bonds is 5. The van der Waals surface area contributed by atoms with Crippen LogP contribution in [-0.2, 0) is 0 Å². The maximum atomic E-state index is 12.5. The summed E-state index contributed by atoms with van der Waals surface area (Å²) in [4.78, 5) is 12.5. The molecule has 0 aromatic heterocycles. The van der Waals surface area contributed by atoms with Crippen molar-refractivity contribution in [1.29, 1.82) is 0 Å². The Morgan fingerprint density at radius 1 is 1.07 bits per heavy atom.